The second kappa shape index (κ2) is 10.3. The summed E-state index contributed by atoms with van der Waals surface area (Å²) in [6, 6.07) is 18.3. The first-order valence-electron chi connectivity index (χ1n) is 14.0. The Bertz CT molecular complexity index is 1630. The van der Waals surface area contributed by atoms with Gasteiger partial charge in [0.25, 0.3) is 0 Å². The molecule has 210 valence electrons. The minimum Gasteiger partial charge on any atom is -0.356 e. The van der Waals surface area contributed by atoms with Crippen LogP contribution in [0.3, 0.4) is 0 Å². The molecule has 2 atom stereocenters. The predicted molar refractivity (Wildman–Crippen MR) is 152 cm³/mol. The van der Waals surface area contributed by atoms with E-state index >= 15 is 0 Å². The largest absolute Gasteiger partial charge is 0.356 e. The molecule has 0 bridgehead atoms. The van der Waals surface area contributed by atoms with Crippen molar-refractivity contribution in [1.29, 1.82) is 0 Å². The number of carbonyl (C=O) groups excluding carboxylic acids is 2. The third kappa shape index (κ3) is 4.50. The average Bonchev–Trinajstić information content (AvgIpc) is 3.35. The number of amides is 2. The molecule has 6 nitrogen and oxygen atoms in total. The molecule has 0 radical (unpaired) electrons. The molecule has 3 aliphatic heterocycles. The van der Waals surface area contributed by atoms with E-state index in [0.29, 0.717) is 37.4 Å². The lowest BCUT2D eigenvalue weighted by molar-refractivity contribution is -0.161. The number of nitrogens with one attached hydrogen (secondary N) is 1. The Labute approximate surface area is 241 Å². The summed E-state index contributed by atoms with van der Waals surface area (Å²) in [6.07, 6.45) is 1.72. The molecule has 3 aromatic carbocycles. The van der Waals surface area contributed by atoms with E-state index in [1.165, 1.54) is 18.2 Å². The lowest BCUT2D eigenvalue weighted by Gasteiger charge is -2.49. The van der Waals surface area contributed by atoms with Crippen molar-refractivity contribution in [3.05, 3.63) is 106 Å². The Morgan fingerprint density at radius 1 is 0.902 bits per heavy atom. The smallest absolute Gasteiger partial charge is 0.246 e. The maximum absolute atomic E-state index is 14.2. The normalized spacial score (nSPS) is 21.8. The number of aromatic nitrogens is 1. The first-order chi connectivity index (χ1) is 19.9. The van der Waals surface area contributed by atoms with Gasteiger partial charge in [0.05, 0.1) is 6.04 Å². The van der Waals surface area contributed by atoms with E-state index in [1.807, 2.05) is 47.4 Å². The summed E-state index contributed by atoms with van der Waals surface area (Å²) < 4.78 is 28.4. The summed E-state index contributed by atoms with van der Waals surface area (Å²) >= 11 is 6.19. The van der Waals surface area contributed by atoms with Gasteiger partial charge in [-0.15, -0.1) is 0 Å². The Morgan fingerprint density at radius 2 is 1.61 bits per heavy atom. The summed E-state index contributed by atoms with van der Waals surface area (Å²) in [5.41, 5.74) is 3.94. The number of hydrogen-bond donors (Lipinski definition) is 1. The van der Waals surface area contributed by atoms with Gasteiger partial charge in [-0.05, 0) is 54.3 Å². The summed E-state index contributed by atoms with van der Waals surface area (Å²) in [7, 11) is 0. The van der Waals surface area contributed by atoms with E-state index < -0.39 is 23.7 Å². The van der Waals surface area contributed by atoms with Crippen molar-refractivity contribution in [2.75, 3.05) is 19.6 Å². The summed E-state index contributed by atoms with van der Waals surface area (Å²) in [6.45, 7) is 1.37. The SMILES string of the molecule is O=C1[C@H]2Cc3c([nH]c4ccccc34)[C@H](c3ccc(Cl)cc3)N2C(=O)CN1C1CCN(Cc2c(F)cccc2F)CC1. The predicted octanol–water partition coefficient (Wildman–Crippen LogP) is 5.45. The number of hydrogen-bond acceptors (Lipinski definition) is 3. The van der Waals surface area contributed by atoms with Crippen LogP contribution in [0.5, 0.6) is 0 Å². The molecule has 1 N–H and O–H groups in total. The molecular formula is C32H29ClF2N4O2. The number of piperazine rings is 1. The van der Waals surface area contributed by atoms with Gasteiger partial charge >= 0.3 is 0 Å². The minimum atomic E-state index is -0.617. The molecule has 4 aromatic rings. The summed E-state index contributed by atoms with van der Waals surface area (Å²) in [5, 5.41) is 1.67. The topological polar surface area (TPSA) is 59.7 Å². The van der Waals surface area contributed by atoms with Crippen LogP contribution in [0.1, 0.15) is 41.3 Å². The van der Waals surface area contributed by atoms with Crippen molar-refractivity contribution in [3.8, 4) is 0 Å². The lowest BCUT2D eigenvalue weighted by atomic mass is 9.85. The van der Waals surface area contributed by atoms with Gasteiger partial charge in [0, 0.05) is 59.3 Å². The van der Waals surface area contributed by atoms with Gasteiger partial charge in [-0.25, -0.2) is 8.78 Å². The van der Waals surface area contributed by atoms with E-state index in [-0.39, 0.29) is 36.5 Å². The van der Waals surface area contributed by atoms with Gasteiger partial charge in [-0.2, -0.15) is 0 Å². The quantitative estimate of drug-likeness (QED) is 0.353. The summed E-state index contributed by atoms with van der Waals surface area (Å²) in [4.78, 5) is 37.1. The van der Waals surface area contributed by atoms with Gasteiger partial charge in [-0.3, -0.25) is 14.5 Å². The maximum atomic E-state index is 14.2. The molecule has 7 rings (SSSR count). The Kier molecular flexibility index (Phi) is 6.55. The van der Waals surface area contributed by atoms with Crippen LogP contribution >= 0.6 is 11.6 Å². The van der Waals surface area contributed by atoms with Gasteiger partial charge in [0.2, 0.25) is 11.8 Å². The number of halogens is 3. The van der Waals surface area contributed by atoms with Crippen molar-refractivity contribution >= 4 is 34.3 Å². The first kappa shape index (κ1) is 26.2. The highest BCUT2D eigenvalue weighted by Gasteiger charge is 2.49. The number of aromatic amines is 1. The molecular weight excluding hydrogens is 546 g/mol. The fourth-order valence-corrected chi connectivity index (χ4v) is 7.01. The zero-order valence-corrected chi connectivity index (χ0v) is 23.1. The number of fused-ring (bicyclic) bond motifs is 4. The molecule has 41 heavy (non-hydrogen) atoms. The van der Waals surface area contributed by atoms with Crippen LogP contribution in [-0.4, -0.2) is 63.2 Å². The van der Waals surface area contributed by atoms with Gasteiger partial charge in [0.1, 0.15) is 24.2 Å². The molecule has 3 aliphatic rings. The molecule has 1 aromatic heterocycles. The summed E-state index contributed by atoms with van der Waals surface area (Å²) in [5.74, 6) is -1.23. The third-order valence-corrected chi connectivity index (χ3v) is 9.17. The van der Waals surface area contributed by atoms with Crippen molar-refractivity contribution in [1.82, 2.24) is 19.7 Å². The monoisotopic (exact) mass is 574 g/mol. The Balaban J connectivity index is 1.16. The van der Waals surface area contributed by atoms with E-state index in [9.17, 15) is 18.4 Å². The first-order valence-corrected chi connectivity index (χ1v) is 14.4. The Hall–Kier alpha value is -3.75. The van der Waals surface area contributed by atoms with Crippen LogP contribution < -0.4 is 0 Å². The van der Waals surface area contributed by atoms with Crippen molar-refractivity contribution in [3.63, 3.8) is 0 Å². The minimum absolute atomic E-state index is 0.0155. The molecule has 0 unspecified atom stereocenters. The second-order valence-electron chi connectivity index (χ2n) is 11.2. The second-order valence-corrected chi connectivity index (χ2v) is 11.6. The van der Waals surface area contributed by atoms with E-state index in [4.69, 9.17) is 11.6 Å². The number of likely N-dealkylation sites (tertiary alicyclic amines) is 1. The highest BCUT2D eigenvalue weighted by atomic mass is 35.5. The fraction of sp³-hybridized carbons (Fsp3) is 0.312. The van der Waals surface area contributed by atoms with Crippen LogP contribution in [0.15, 0.2) is 66.7 Å². The zero-order chi connectivity index (χ0) is 28.2. The van der Waals surface area contributed by atoms with Crippen LogP contribution in [0.2, 0.25) is 5.02 Å². The van der Waals surface area contributed by atoms with Crippen LogP contribution in [0, 0.1) is 11.6 Å². The number of benzene rings is 3. The van der Waals surface area contributed by atoms with Gasteiger partial charge in [-0.1, -0.05) is 48.0 Å². The number of carbonyl (C=O) groups is 2. The average molecular weight is 575 g/mol. The number of para-hydroxylation sites is 1. The van der Waals surface area contributed by atoms with Crippen molar-refractivity contribution in [2.45, 2.75) is 43.9 Å². The highest BCUT2D eigenvalue weighted by Crippen LogP contribution is 2.43. The maximum Gasteiger partial charge on any atom is 0.246 e. The van der Waals surface area contributed by atoms with Crippen molar-refractivity contribution in [2.24, 2.45) is 0 Å². The molecule has 0 saturated carbocycles. The molecule has 0 spiro atoms. The Morgan fingerprint density at radius 3 is 2.34 bits per heavy atom. The molecule has 2 fully saturated rings. The van der Waals surface area contributed by atoms with Gasteiger partial charge in [0.15, 0.2) is 0 Å². The highest BCUT2D eigenvalue weighted by molar-refractivity contribution is 6.30. The van der Waals surface area contributed by atoms with Crippen LogP contribution in [-0.2, 0) is 22.6 Å². The fourth-order valence-electron chi connectivity index (χ4n) is 6.88. The molecule has 4 heterocycles. The number of piperidine rings is 1. The third-order valence-electron chi connectivity index (χ3n) is 8.92. The zero-order valence-electron chi connectivity index (χ0n) is 22.3. The molecule has 0 aliphatic carbocycles. The van der Waals surface area contributed by atoms with Crippen LogP contribution in [0.25, 0.3) is 10.9 Å². The number of H-pyrrole nitrogens is 1. The molecule has 2 saturated heterocycles. The lowest BCUT2D eigenvalue weighted by Crippen LogP contribution is -2.65. The van der Waals surface area contributed by atoms with E-state index in [2.05, 4.69) is 11.1 Å². The van der Waals surface area contributed by atoms with Crippen LogP contribution in [0.4, 0.5) is 8.78 Å². The van der Waals surface area contributed by atoms with E-state index in [0.717, 1.165) is 27.7 Å². The molecule has 9 heteroatoms. The van der Waals surface area contributed by atoms with Crippen molar-refractivity contribution < 1.29 is 18.4 Å². The standard InChI is InChI=1S/C32H29ClF2N4O2/c33-20-10-8-19(9-11-20)31-30-23(22-4-1-2-7-27(22)36-30)16-28-32(41)38(18-29(40)39(28)31)21-12-14-37(15-13-21)17-24-25(34)5-3-6-26(24)35/h1-11,21,28,31,36H,12-18H2/t28-,31+/m1/s1. The molecule has 2 amide bonds. The van der Waals surface area contributed by atoms with Gasteiger partial charge < -0.3 is 14.8 Å². The number of rotatable bonds is 4. The number of nitrogens with zero attached hydrogens (tertiary/aromatic N) is 3. The van der Waals surface area contributed by atoms with E-state index in [1.54, 1.807) is 9.80 Å².